The van der Waals surface area contributed by atoms with E-state index in [4.69, 9.17) is 0 Å². The lowest BCUT2D eigenvalue weighted by atomic mass is 10.1. The number of nitrogens with one attached hydrogen (secondary N) is 1. The molecule has 1 aliphatic rings. The number of H-pyrrole nitrogens is 1. The van der Waals surface area contributed by atoms with Crippen LogP contribution >= 0.6 is 0 Å². The molecule has 0 aliphatic carbocycles. The number of hydrogen-bond acceptors (Lipinski definition) is 5. The fourth-order valence-electron chi connectivity index (χ4n) is 3.84. The van der Waals surface area contributed by atoms with Gasteiger partial charge in [0.15, 0.2) is 0 Å². The Balaban J connectivity index is 1.48. The largest absolute Gasteiger partial charge is 0.335 e. The molecule has 3 amide bonds. The van der Waals surface area contributed by atoms with Gasteiger partial charge in [0.05, 0.1) is 28.6 Å². The van der Waals surface area contributed by atoms with Gasteiger partial charge in [-0.2, -0.15) is 0 Å². The molecule has 0 fully saturated rings. The summed E-state index contributed by atoms with van der Waals surface area (Å²) in [7, 11) is 0. The predicted octanol–water partition coefficient (Wildman–Crippen LogP) is 2.74. The molecule has 1 aliphatic heterocycles. The van der Waals surface area contributed by atoms with Crippen molar-refractivity contribution in [3.63, 3.8) is 0 Å². The SMILES string of the molecule is CCCCN(Cc1nc2ccccc2c(=O)[nH]1)C(=O)CCN1C(=O)c2ccccc2C1=O. The summed E-state index contributed by atoms with van der Waals surface area (Å²) < 4.78 is 0. The number of rotatable bonds is 8. The summed E-state index contributed by atoms with van der Waals surface area (Å²) in [5, 5.41) is 0.494. The van der Waals surface area contributed by atoms with Gasteiger partial charge in [-0.25, -0.2) is 4.98 Å². The van der Waals surface area contributed by atoms with Crippen molar-refractivity contribution in [1.29, 1.82) is 0 Å². The minimum absolute atomic E-state index is 0.00694. The molecular weight excluding hydrogens is 408 g/mol. The van der Waals surface area contributed by atoms with Gasteiger partial charge in [0.1, 0.15) is 5.82 Å². The van der Waals surface area contributed by atoms with Crippen molar-refractivity contribution in [3.8, 4) is 0 Å². The fraction of sp³-hybridized carbons (Fsp3) is 0.292. The van der Waals surface area contributed by atoms with Crippen LogP contribution in [0.1, 0.15) is 52.7 Å². The molecule has 3 aromatic rings. The molecule has 1 aromatic heterocycles. The molecule has 2 aromatic carbocycles. The first-order valence-corrected chi connectivity index (χ1v) is 10.7. The zero-order chi connectivity index (χ0) is 22.7. The number of unbranched alkanes of at least 4 members (excludes halogenated alkanes) is 1. The number of hydrogen-bond donors (Lipinski definition) is 1. The van der Waals surface area contributed by atoms with Crippen molar-refractivity contribution in [3.05, 3.63) is 75.8 Å². The monoisotopic (exact) mass is 432 g/mol. The number of carbonyl (C=O) groups is 3. The van der Waals surface area contributed by atoms with Gasteiger partial charge in [-0.05, 0) is 30.7 Å². The molecule has 1 N–H and O–H groups in total. The number of fused-ring (bicyclic) bond motifs is 2. The summed E-state index contributed by atoms with van der Waals surface area (Å²) in [6, 6.07) is 13.7. The van der Waals surface area contributed by atoms with Crippen molar-refractivity contribution in [2.45, 2.75) is 32.7 Å². The van der Waals surface area contributed by atoms with Gasteiger partial charge < -0.3 is 9.88 Å². The second-order valence-electron chi connectivity index (χ2n) is 7.76. The Morgan fingerprint density at radius 1 is 1.00 bits per heavy atom. The highest BCUT2D eigenvalue weighted by atomic mass is 16.2. The van der Waals surface area contributed by atoms with Gasteiger partial charge in [-0.15, -0.1) is 0 Å². The van der Waals surface area contributed by atoms with Gasteiger partial charge in [-0.1, -0.05) is 37.6 Å². The Bertz CT molecular complexity index is 1210. The first-order valence-electron chi connectivity index (χ1n) is 10.7. The van der Waals surface area contributed by atoms with Crippen molar-refractivity contribution in [1.82, 2.24) is 19.8 Å². The minimum atomic E-state index is -0.376. The van der Waals surface area contributed by atoms with E-state index in [2.05, 4.69) is 9.97 Å². The normalized spacial score (nSPS) is 13.0. The van der Waals surface area contributed by atoms with Crippen LogP contribution in [0.15, 0.2) is 53.3 Å². The van der Waals surface area contributed by atoms with Crippen LogP contribution in [0.5, 0.6) is 0 Å². The van der Waals surface area contributed by atoms with E-state index in [1.54, 1.807) is 53.4 Å². The maximum absolute atomic E-state index is 13.0. The summed E-state index contributed by atoms with van der Waals surface area (Å²) in [6.45, 7) is 2.68. The third-order valence-corrected chi connectivity index (χ3v) is 5.56. The Labute approximate surface area is 184 Å². The van der Waals surface area contributed by atoms with Crippen LogP contribution in [0.3, 0.4) is 0 Å². The van der Waals surface area contributed by atoms with Gasteiger partial charge in [-0.3, -0.25) is 24.1 Å². The molecule has 4 rings (SSSR count). The van der Waals surface area contributed by atoms with Gasteiger partial charge in [0, 0.05) is 19.5 Å². The first-order chi connectivity index (χ1) is 15.5. The third-order valence-electron chi connectivity index (χ3n) is 5.56. The highest BCUT2D eigenvalue weighted by Gasteiger charge is 2.35. The van der Waals surface area contributed by atoms with E-state index in [1.807, 2.05) is 6.92 Å². The van der Waals surface area contributed by atoms with E-state index in [0.717, 1.165) is 17.7 Å². The molecule has 32 heavy (non-hydrogen) atoms. The standard InChI is InChI=1S/C24H24N4O4/c1-2-3-13-27(15-20-25-19-11-7-6-10-18(19)22(30)26-20)21(29)12-14-28-23(31)16-8-4-5-9-17(16)24(28)32/h4-11H,2-3,12-15H2,1H3,(H,25,26,30). The maximum Gasteiger partial charge on any atom is 0.261 e. The fourth-order valence-corrected chi connectivity index (χ4v) is 3.84. The number of benzene rings is 2. The van der Waals surface area contributed by atoms with E-state index in [-0.39, 0.29) is 42.8 Å². The van der Waals surface area contributed by atoms with Crippen LogP contribution in [-0.4, -0.2) is 50.6 Å². The van der Waals surface area contributed by atoms with Crippen molar-refractivity contribution in [2.24, 2.45) is 0 Å². The van der Waals surface area contributed by atoms with Crippen LogP contribution in [0.25, 0.3) is 10.9 Å². The lowest BCUT2D eigenvalue weighted by molar-refractivity contribution is -0.132. The Hall–Kier alpha value is -3.81. The maximum atomic E-state index is 13.0. The lowest BCUT2D eigenvalue weighted by Gasteiger charge is -2.23. The van der Waals surface area contributed by atoms with Crippen LogP contribution < -0.4 is 5.56 Å². The molecular formula is C24H24N4O4. The molecule has 8 nitrogen and oxygen atoms in total. The summed E-state index contributed by atoms with van der Waals surface area (Å²) in [6.07, 6.45) is 1.69. The van der Waals surface area contributed by atoms with E-state index in [1.165, 1.54) is 0 Å². The molecule has 0 unspecified atom stereocenters. The van der Waals surface area contributed by atoms with Crippen molar-refractivity contribution >= 4 is 28.6 Å². The molecule has 0 saturated carbocycles. The molecule has 0 radical (unpaired) electrons. The van der Waals surface area contributed by atoms with E-state index in [0.29, 0.717) is 34.4 Å². The minimum Gasteiger partial charge on any atom is -0.335 e. The number of aromatic nitrogens is 2. The molecule has 0 spiro atoms. The van der Waals surface area contributed by atoms with Gasteiger partial charge >= 0.3 is 0 Å². The number of imide groups is 1. The van der Waals surface area contributed by atoms with Crippen LogP contribution in [0.4, 0.5) is 0 Å². The average Bonchev–Trinajstić information content (AvgIpc) is 3.05. The lowest BCUT2D eigenvalue weighted by Crippen LogP contribution is -2.37. The predicted molar refractivity (Wildman–Crippen MR) is 119 cm³/mol. The Morgan fingerprint density at radius 3 is 2.34 bits per heavy atom. The Morgan fingerprint density at radius 2 is 1.66 bits per heavy atom. The number of carbonyl (C=O) groups excluding carboxylic acids is 3. The van der Waals surface area contributed by atoms with E-state index >= 15 is 0 Å². The molecule has 0 atom stereocenters. The number of amides is 3. The van der Waals surface area contributed by atoms with E-state index in [9.17, 15) is 19.2 Å². The quantitative estimate of drug-likeness (QED) is 0.551. The van der Waals surface area contributed by atoms with Crippen LogP contribution in [-0.2, 0) is 11.3 Å². The summed E-state index contributed by atoms with van der Waals surface area (Å²) in [4.78, 5) is 60.4. The van der Waals surface area contributed by atoms with Crippen LogP contribution in [0, 0.1) is 0 Å². The number of aromatic amines is 1. The first kappa shape index (κ1) is 21.4. The second kappa shape index (κ2) is 9.13. The third kappa shape index (κ3) is 4.16. The zero-order valence-corrected chi connectivity index (χ0v) is 17.8. The zero-order valence-electron chi connectivity index (χ0n) is 17.8. The second-order valence-corrected chi connectivity index (χ2v) is 7.76. The average molecular weight is 432 g/mol. The van der Waals surface area contributed by atoms with Gasteiger partial charge in [0.2, 0.25) is 5.91 Å². The van der Waals surface area contributed by atoms with Gasteiger partial charge in [0.25, 0.3) is 17.4 Å². The molecule has 0 bridgehead atoms. The topological polar surface area (TPSA) is 103 Å². The summed E-state index contributed by atoms with van der Waals surface area (Å²) in [5.41, 5.74) is 1.05. The summed E-state index contributed by atoms with van der Waals surface area (Å²) >= 11 is 0. The van der Waals surface area contributed by atoms with Crippen LogP contribution in [0.2, 0.25) is 0 Å². The Kier molecular flexibility index (Phi) is 6.11. The summed E-state index contributed by atoms with van der Waals surface area (Å²) in [5.74, 6) is -0.553. The smallest absolute Gasteiger partial charge is 0.261 e. The molecule has 2 heterocycles. The highest BCUT2D eigenvalue weighted by Crippen LogP contribution is 2.22. The van der Waals surface area contributed by atoms with E-state index < -0.39 is 0 Å². The molecule has 8 heteroatoms. The highest BCUT2D eigenvalue weighted by molar-refractivity contribution is 6.21. The van der Waals surface area contributed by atoms with Crippen molar-refractivity contribution in [2.75, 3.05) is 13.1 Å². The van der Waals surface area contributed by atoms with Crippen molar-refractivity contribution < 1.29 is 14.4 Å². The number of para-hydroxylation sites is 1. The molecule has 0 saturated heterocycles. The number of nitrogens with zero attached hydrogens (tertiary/aromatic N) is 3. The molecule has 164 valence electrons.